The number of halogens is 3. The highest BCUT2D eigenvalue weighted by Crippen LogP contribution is 2.25. The lowest BCUT2D eigenvalue weighted by Gasteiger charge is -2.11. The number of carbonyl (C=O) groups excluding carboxylic acids is 2. The summed E-state index contributed by atoms with van der Waals surface area (Å²) in [5, 5.41) is 2.30. The summed E-state index contributed by atoms with van der Waals surface area (Å²) < 4.78 is 47.0. The molecular formula is C18H14F3NO4. The Morgan fingerprint density at radius 3 is 2.50 bits per heavy atom. The molecule has 0 radical (unpaired) electrons. The van der Waals surface area contributed by atoms with Crippen LogP contribution in [0.5, 0.6) is 5.75 Å². The summed E-state index contributed by atoms with van der Waals surface area (Å²) in [6.45, 7) is -3.70. The second kappa shape index (κ2) is 9.26. The van der Waals surface area contributed by atoms with E-state index in [1.54, 1.807) is 6.07 Å². The molecule has 0 aliphatic carbocycles. The first kappa shape index (κ1) is 19.0. The van der Waals surface area contributed by atoms with E-state index in [9.17, 15) is 22.8 Å². The predicted molar refractivity (Wildman–Crippen MR) is 88.1 cm³/mol. The zero-order valence-electron chi connectivity index (χ0n) is 13.3. The molecule has 0 atom stereocenters. The molecule has 0 saturated carbocycles. The van der Waals surface area contributed by atoms with Crippen LogP contribution >= 0.6 is 0 Å². The quantitative estimate of drug-likeness (QED) is 0.601. The van der Waals surface area contributed by atoms with Crippen molar-refractivity contribution in [2.45, 2.75) is 6.61 Å². The fraction of sp³-hybridized carbons (Fsp3) is 0.111. The number of carbonyl (C=O) groups is 2. The van der Waals surface area contributed by atoms with E-state index in [2.05, 4.69) is 10.1 Å². The van der Waals surface area contributed by atoms with Gasteiger partial charge in [0.2, 0.25) is 0 Å². The molecule has 26 heavy (non-hydrogen) atoms. The Morgan fingerprint density at radius 2 is 1.77 bits per heavy atom. The van der Waals surface area contributed by atoms with Crippen LogP contribution in [0.3, 0.4) is 0 Å². The van der Waals surface area contributed by atoms with Crippen molar-refractivity contribution in [3.05, 3.63) is 66.0 Å². The van der Waals surface area contributed by atoms with Crippen molar-refractivity contribution in [1.82, 2.24) is 0 Å². The summed E-state index contributed by atoms with van der Waals surface area (Å²) in [5.74, 6) is -2.34. The Bertz CT molecular complexity index is 809. The van der Waals surface area contributed by atoms with Crippen LogP contribution in [-0.2, 0) is 14.3 Å². The first-order valence-electron chi connectivity index (χ1n) is 7.39. The number of anilines is 1. The van der Waals surface area contributed by atoms with Gasteiger partial charge in [-0.1, -0.05) is 30.3 Å². The number of para-hydroxylation sites is 2. The molecule has 1 N–H and O–H groups in total. The highest BCUT2D eigenvalue weighted by Gasteiger charge is 2.12. The molecule has 2 aromatic rings. The highest BCUT2D eigenvalue weighted by molar-refractivity contribution is 5.95. The van der Waals surface area contributed by atoms with E-state index in [-0.39, 0.29) is 17.0 Å². The molecule has 8 heteroatoms. The van der Waals surface area contributed by atoms with Crippen LogP contribution in [0.1, 0.15) is 5.56 Å². The average Bonchev–Trinajstić information content (AvgIpc) is 2.60. The van der Waals surface area contributed by atoms with Gasteiger partial charge in [0.05, 0.1) is 5.69 Å². The topological polar surface area (TPSA) is 64.6 Å². The largest absolute Gasteiger partial charge is 0.452 e. The van der Waals surface area contributed by atoms with Gasteiger partial charge in [-0.2, -0.15) is 8.78 Å². The van der Waals surface area contributed by atoms with E-state index < -0.39 is 30.9 Å². The third-order valence-electron chi connectivity index (χ3n) is 3.03. The van der Waals surface area contributed by atoms with Gasteiger partial charge < -0.3 is 14.8 Å². The zero-order valence-corrected chi connectivity index (χ0v) is 13.3. The van der Waals surface area contributed by atoms with E-state index in [0.717, 1.165) is 6.08 Å². The van der Waals surface area contributed by atoms with E-state index in [4.69, 9.17) is 4.74 Å². The maximum Gasteiger partial charge on any atom is 0.387 e. The first-order chi connectivity index (χ1) is 12.5. The zero-order chi connectivity index (χ0) is 18.9. The molecule has 0 unspecified atom stereocenters. The van der Waals surface area contributed by atoms with E-state index in [1.807, 2.05) is 0 Å². The van der Waals surface area contributed by atoms with Crippen molar-refractivity contribution in [2.75, 3.05) is 11.9 Å². The molecule has 0 spiro atoms. The van der Waals surface area contributed by atoms with Crippen molar-refractivity contribution in [3.8, 4) is 5.75 Å². The number of hydrogen-bond acceptors (Lipinski definition) is 4. The number of alkyl halides is 2. The van der Waals surface area contributed by atoms with Crippen LogP contribution in [0.15, 0.2) is 54.6 Å². The molecule has 0 bridgehead atoms. The Kier molecular flexibility index (Phi) is 6.78. The van der Waals surface area contributed by atoms with Crippen LogP contribution in [0, 0.1) is 5.82 Å². The van der Waals surface area contributed by atoms with Crippen molar-refractivity contribution in [2.24, 2.45) is 0 Å². The van der Waals surface area contributed by atoms with Gasteiger partial charge in [0.25, 0.3) is 5.91 Å². The van der Waals surface area contributed by atoms with Gasteiger partial charge in [-0.25, -0.2) is 9.18 Å². The maximum atomic E-state index is 13.4. The lowest BCUT2D eigenvalue weighted by Crippen LogP contribution is -2.20. The summed E-state index contributed by atoms with van der Waals surface area (Å²) in [4.78, 5) is 23.3. The Balaban J connectivity index is 1.87. The first-order valence-corrected chi connectivity index (χ1v) is 7.39. The SMILES string of the molecule is O=C(COC(=O)/C=C/c1ccccc1F)Nc1ccccc1OC(F)F. The molecule has 0 aromatic heterocycles. The third kappa shape index (κ3) is 5.97. The third-order valence-corrected chi connectivity index (χ3v) is 3.03. The Hall–Kier alpha value is -3.29. The molecule has 1 amide bonds. The highest BCUT2D eigenvalue weighted by atomic mass is 19.3. The molecule has 0 aliphatic rings. The smallest absolute Gasteiger partial charge is 0.387 e. The van der Waals surface area contributed by atoms with E-state index in [1.165, 1.54) is 48.5 Å². The average molecular weight is 365 g/mol. The molecule has 136 valence electrons. The molecule has 2 aromatic carbocycles. The number of benzene rings is 2. The molecule has 0 heterocycles. The van der Waals surface area contributed by atoms with E-state index >= 15 is 0 Å². The number of esters is 1. The van der Waals surface area contributed by atoms with Crippen molar-refractivity contribution < 1.29 is 32.2 Å². The number of hydrogen-bond donors (Lipinski definition) is 1. The predicted octanol–water partition coefficient (Wildman–Crippen LogP) is 3.62. The van der Waals surface area contributed by atoms with Crippen molar-refractivity contribution in [1.29, 1.82) is 0 Å². The summed E-state index contributed by atoms with van der Waals surface area (Å²) >= 11 is 0. The second-order valence-corrected chi connectivity index (χ2v) is 4.89. The second-order valence-electron chi connectivity index (χ2n) is 4.89. The molecule has 5 nitrogen and oxygen atoms in total. The minimum absolute atomic E-state index is 0.00995. The molecule has 0 fully saturated rings. The van der Waals surface area contributed by atoms with Crippen molar-refractivity contribution in [3.63, 3.8) is 0 Å². The van der Waals surface area contributed by atoms with Crippen LogP contribution < -0.4 is 10.1 Å². The minimum atomic E-state index is -3.05. The number of rotatable bonds is 7. The molecule has 2 rings (SSSR count). The Labute approximate surface area is 147 Å². The number of ether oxygens (including phenoxy) is 2. The van der Waals surface area contributed by atoms with Gasteiger partial charge in [0.15, 0.2) is 6.61 Å². The normalized spacial score (nSPS) is 10.8. The molecule has 0 saturated heterocycles. The van der Waals surface area contributed by atoms with Crippen LogP contribution in [-0.4, -0.2) is 25.1 Å². The fourth-order valence-corrected chi connectivity index (χ4v) is 1.91. The summed E-state index contributed by atoms with van der Waals surface area (Å²) in [5.41, 5.74) is 0.197. The van der Waals surface area contributed by atoms with Crippen LogP contribution in [0.2, 0.25) is 0 Å². The summed E-state index contributed by atoms with van der Waals surface area (Å²) in [6, 6.07) is 11.4. The molecular weight excluding hydrogens is 351 g/mol. The standard InChI is InChI=1S/C18H14F3NO4/c19-13-6-2-1-5-12(13)9-10-17(24)25-11-16(23)22-14-7-3-4-8-15(14)26-18(20)21/h1-10,18H,11H2,(H,22,23)/b10-9+. The van der Waals surface area contributed by atoms with Gasteiger partial charge >= 0.3 is 12.6 Å². The maximum absolute atomic E-state index is 13.4. The van der Waals surface area contributed by atoms with Gasteiger partial charge in [0.1, 0.15) is 11.6 Å². The van der Waals surface area contributed by atoms with Gasteiger partial charge in [0, 0.05) is 11.6 Å². The minimum Gasteiger partial charge on any atom is -0.452 e. The van der Waals surface area contributed by atoms with Crippen LogP contribution in [0.25, 0.3) is 6.08 Å². The Morgan fingerprint density at radius 1 is 1.08 bits per heavy atom. The fourth-order valence-electron chi connectivity index (χ4n) is 1.91. The van der Waals surface area contributed by atoms with E-state index in [0.29, 0.717) is 0 Å². The summed E-state index contributed by atoms with van der Waals surface area (Å²) in [7, 11) is 0. The van der Waals surface area contributed by atoms with Crippen LogP contribution in [0.4, 0.5) is 18.9 Å². The van der Waals surface area contributed by atoms with Gasteiger partial charge in [-0.05, 0) is 24.3 Å². The van der Waals surface area contributed by atoms with Gasteiger partial charge in [-0.15, -0.1) is 0 Å². The lowest BCUT2D eigenvalue weighted by molar-refractivity contribution is -0.142. The lowest BCUT2D eigenvalue weighted by atomic mass is 10.2. The monoisotopic (exact) mass is 365 g/mol. The van der Waals surface area contributed by atoms with Crippen molar-refractivity contribution >= 4 is 23.6 Å². The number of amides is 1. The molecule has 0 aliphatic heterocycles. The number of nitrogens with one attached hydrogen (secondary N) is 1. The summed E-state index contributed by atoms with van der Waals surface area (Å²) in [6.07, 6.45) is 2.18. The van der Waals surface area contributed by atoms with Gasteiger partial charge in [-0.3, -0.25) is 4.79 Å².